The Kier molecular flexibility index (Phi) is 3.66. The second-order valence-electron chi connectivity index (χ2n) is 5.07. The standard InChI is InChI=1S/C16H14N4O3S/c1-10-13(6-7-22-10)15-17-18-16-20(15)19-14(24-16)9-23-12-5-3-4-11(8-12)21-2/h3-8H,9H2,1-2H3. The number of nitrogens with zero attached hydrogens (tertiary/aromatic N) is 4. The molecule has 0 unspecified atom stereocenters. The van der Waals surface area contributed by atoms with E-state index in [0.29, 0.717) is 12.4 Å². The zero-order valence-corrected chi connectivity index (χ0v) is 13.9. The van der Waals surface area contributed by atoms with Crippen LogP contribution in [0.5, 0.6) is 11.5 Å². The number of hydrogen-bond donors (Lipinski definition) is 0. The van der Waals surface area contributed by atoms with Crippen LogP contribution in [0.3, 0.4) is 0 Å². The van der Waals surface area contributed by atoms with Crippen LogP contribution in [-0.2, 0) is 6.61 Å². The van der Waals surface area contributed by atoms with Crippen LogP contribution in [0.2, 0.25) is 0 Å². The Morgan fingerprint density at radius 1 is 1.21 bits per heavy atom. The predicted molar refractivity (Wildman–Crippen MR) is 88.4 cm³/mol. The predicted octanol–water partition coefficient (Wildman–Crippen LogP) is 3.34. The normalized spacial score (nSPS) is 11.1. The minimum atomic E-state index is 0.352. The second kappa shape index (κ2) is 5.97. The molecule has 7 nitrogen and oxygen atoms in total. The Morgan fingerprint density at radius 3 is 2.88 bits per heavy atom. The summed E-state index contributed by atoms with van der Waals surface area (Å²) in [4.78, 5) is 0.717. The SMILES string of the molecule is COc1cccc(OCc2nn3c(-c4ccoc4C)nnc3s2)c1. The highest BCUT2D eigenvalue weighted by atomic mass is 32.1. The zero-order valence-electron chi connectivity index (χ0n) is 13.1. The van der Waals surface area contributed by atoms with E-state index in [1.54, 1.807) is 17.9 Å². The van der Waals surface area contributed by atoms with Crippen LogP contribution in [0.4, 0.5) is 0 Å². The summed E-state index contributed by atoms with van der Waals surface area (Å²) < 4.78 is 18.0. The van der Waals surface area contributed by atoms with Crippen LogP contribution >= 0.6 is 11.3 Å². The number of benzene rings is 1. The van der Waals surface area contributed by atoms with Crippen molar-refractivity contribution in [2.45, 2.75) is 13.5 Å². The molecular weight excluding hydrogens is 328 g/mol. The van der Waals surface area contributed by atoms with Crippen molar-refractivity contribution in [1.82, 2.24) is 19.8 Å². The Balaban J connectivity index is 1.57. The minimum Gasteiger partial charge on any atom is -0.497 e. The molecular formula is C16H14N4O3S. The van der Waals surface area contributed by atoms with Gasteiger partial charge < -0.3 is 13.9 Å². The highest BCUT2D eigenvalue weighted by Crippen LogP contribution is 2.26. The van der Waals surface area contributed by atoms with Gasteiger partial charge >= 0.3 is 0 Å². The third-order valence-corrected chi connectivity index (χ3v) is 4.41. The van der Waals surface area contributed by atoms with E-state index >= 15 is 0 Å². The molecule has 0 atom stereocenters. The number of aryl methyl sites for hydroxylation is 1. The van der Waals surface area contributed by atoms with E-state index in [-0.39, 0.29) is 0 Å². The van der Waals surface area contributed by atoms with E-state index in [4.69, 9.17) is 13.9 Å². The third-order valence-electron chi connectivity index (χ3n) is 3.54. The molecule has 3 aromatic heterocycles. The maximum absolute atomic E-state index is 5.78. The van der Waals surface area contributed by atoms with Gasteiger partial charge in [0.25, 0.3) is 0 Å². The second-order valence-corrected chi connectivity index (χ2v) is 6.11. The van der Waals surface area contributed by atoms with Crippen molar-refractivity contribution in [2.24, 2.45) is 0 Å². The molecule has 0 radical (unpaired) electrons. The summed E-state index contributed by atoms with van der Waals surface area (Å²) in [6, 6.07) is 9.32. The summed E-state index contributed by atoms with van der Waals surface area (Å²) in [6.45, 7) is 2.24. The van der Waals surface area contributed by atoms with Crippen LogP contribution in [-0.4, -0.2) is 26.9 Å². The molecule has 4 rings (SSSR count). The van der Waals surface area contributed by atoms with Gasteiger partial charge in [-0.3, -0.25) is 0 Å². The average molecular weight is 342 g/mol. The van der Waals surface area contributed by atoms with Crippen molar-refractivity contribution in [2.75, 3.05) is 7.11 Å². The van der Waals surface area contributed by atoms with E-state index in [1.165, 1.54) is 11.3 Å². The summed E-state index contributed by atoms with van der Waals surface area (Å²) in [5, 5.41) is 13.7. The molecule has 1 aromatic carbocycles. The quantitative estimate of drug-likeness (QED) is 0.554. The van der Waals surface area contributed by atoms with Crippen LogP contribution in [0.15, 0.2) is 41.0 Å². The van der Waals surface area contributed by atoms with Gasteiger partial charge in [-0.05, 0) is 25.1 Å². The van der Waals surface area contributed by atoms with Crippen molar-refractivity contribution >= 4 is 16.3 Å². The molecule has 0 aliphatic heterocycles. The maximum atomic E-state index is 5.78. The monoisotopic (exact) mass is 342 g/mol. The lowest BCUT2D eigenvalue weighted by Crippen LogP contribution is -1.97. The molecule has 0 aliphatic carbocycles. The number of ether oxygens (including phenoxy) is 2. The molecule has 0 saturated heterocycles. The number of fused-ring (bicyclic) bond motifs is 1. The first-order chi connectivity index (χ1) is 11.7. The lowest BCUT2D eigenvalue weighted by Gasteiger charge is -2.05. The van der Waals surface area contributed by atoms with Gasteiger partial charge in [0.05, 0.1) is 18.9 Å². The molecule has 0 aliphatic rings. The summed E-state index contributed by atoms with van der Waals surface area (Å²) in [7, 11) is 1.63. The number of furan rings is 1. The summed E-state index contributed by atoms with van der Waals surface area (Å²) in [5.41, 5.74) is 0.882. The van der Waals surface area contributed by atoms with Gasteiger partial charge in [-0.1, -0.05) is 17.4 Å². The summed E-state index contributed by atoms with van der Waals surface area (Å²) in [6.07, 6.45) is 1.63. The van der Waals surface area contributed by atoms with Crippen molar-refractivity contribution in [3.05, 3.63) is 47.4 Å². The van der Waals surface area contributed by atoms with E-state index < -0.39 is 0 Å². The molecule has 0 saturated carbocycles. The fourth-order valence-corrected chi connectivity index (χ4v) is 3.08. The van der Waals surface area contributed by atoms with Gasteiger partial charge in [-0.25, -0.2) is 0 Å². The Hall–Kier alpha value is -2.87. The molecule has 0 bridgehead atoms. The van der Waals surface area contributed by atoms with Crippen LogP contribution in [0, 0.1) is 6.92 Å². The molecule has 0 spiro atoms. The maximum Gasteiger partial charge on any atom is 0.235 e. The van der Waals surface area contributed by atoms with Crippen molar-refractivity contribution in [3.63, 3.8) is 0 Å². The largest absolute Gasteiger partial charge is 0.497 e. The van der Waals surface area contributed by atoms with Crippen LogP contribution in [0.1, 0.15) is 10.8 Å². The highest BCUT2D eigenvalue weighted by Gasteiger charge is 2.16. The topological polar surface area (TPSA) is 74.7 Å². The smallest absolute Gasteiger partial charge is 0.235 e. The van der Waals surface area contributed by atoms with Crippen molar-refractivity contribution in [3.8, 4) is 22.9 Å². The fraction of sp³-hybridized carbons (Fsp3) is 0.188. The van der Waals surface area contributed by atoms with E-state index in [0.717, 1.165) is 32.8 Å². The van der Waals surface area contributed by atoms with Crippen LogP contribution in [0.25, 0.3) is 16.3 Å². The molecule has 0 amide bonds. The van der Waals surface area contributed by atoms with E-state index in [1.807, 2.05) is 37.3 Å². The lowest BCUT2D eigenvalue weighted by molar-refractivity contribution is 0.301. The van der Waals surface area contributed by atoms with E-state index in [9.17, 15) is 0 Å². The fourth-order valence-electron chi connectivity index (χ4n) is 2.34. The van der Waals surface area contributed by atoms with Crippen LogP contribution < -0.4 is 9.47 Å². The zero-order chi connectivity index (χ0) is 16.5. The Bertz CT molecular complexity index is 988. The number of aromatic nitrogens is 4. The first-order valence-electron chi connectivity index (χ1n) is 7.27. The van der Waals surface area contributed by atoms with Gasteiger partial charge in [0.1, 0.15) is 23.9 Å². The first kappa shape index (κ1) is 14.7. The third kappa shape index (κ3) is 2.61. The Labute approximate surface area is 141 Å². The van der Waals surface area contributed by atoms with Gasteiger partial charge in [-0.2, -0.15) is 9.61 Å². The molecule has 0 N–H and O–H groups in total. The lowest BCUT2D eigenvalue weighted by atomic mass is 10.2. The van der Waals surface area contributed by atoms with Crippen molar-refractivity contribution < 1.29 is 13.9 Å². The van der Waals surface area contributed by atoms with Gasteiger partial charge in [-0.15, -0.1) is 10.2 Å². The summed E-state index contributed by atoms with van der Waals surface area (Å²) in [5.74, 6) is 2.93. The van der Waals surface area contributed by atoms with Crippen molar-refractivity contribution in [1.29, 1.82) is 0 Å². The Morgan fingerprint density at radius 2 is 2.08 bits per heavy atom. The van der Waals surface area contributed by atoms with Gasteiger partial charge in [0.15, 0.2) is 10.8 Å². The minimum absolute atomic E-state index is 0.352. The molecule has 4 aromatic rings. The van der Waals surface area contributed by atoms with Gasteiger partial charge in [0, 0.05) is 6.07 Å². The summed E-state index contributed by atoms with van der Waals surface area (Å²) >= 11 is 1.44. The molecule has 24 heavy (non-hydrogen) atoms. The molecule has 122 valence electrons. The number of methoxy groups -OCH3 is 1. The molecule has 0 fully saturated rings. The molecule has 3 heterocycles. The first-order valence-corrected chi connectivity index (χ1v) is 8.08. The van der Waals surface area contributed by atoms with E-state index in [2.05, 4.69) is 15.3 Å². The van der Waals surface area contributed by atoms with Gasteiger partial charge in [0.2, 0.25) is 4.96 Å². The number of rotatable bonds is 5. The highest BCUT2D eigenvalue weighted by molar-refractivity contribution is 7.16. The number of hydrogen-bond acceptors (Lipinski definition) is 7. The average Bonchev–Trinajstić information content (AvgIpc) is 3.28. The molecule has 8 heteroatoms.